The average Bonchev–Trinajstić information content (AvgIpc) is 1.60. The van der Waals surface area contributed by atoms with Gasteiger partial charge in [0.25, 0.3) is 27.5 Å². The number of sulfonamides is 1. The number of anilines is 2. The van der Waals surface area contributed by atoms with E-state index in [1.807, 2.05) is 24.3 Å². The lowest BCUT2D eigenvalue weighted by Crippen LogP contribution is -2.52. The number of piperazine rings is 1. The number of nitro benzene ring substituents is 1. The third-order valence-electron chi connectivity index (χ3n) is 16.3. The van der Waals surface area contributed by atoms with Crippen molar-refractivity contribution in [1.82, 2.24) is 44.8 Å². The number of imide groups is 1. The summed E-state index contributed by atoms with van der Waals surface area (Å²) in [5.74, 6) is 4.34. The molecule has 7 aromatic rings. The predicted molar refractivity (Wildman–Crippen MR) is 334 cm³/mol. The second-order valence-electron chi connectivity index (χ2n) is 23.1. The standard InChI is InChI=1S/C64H67ClN12O12S/c1-64(2)20-18-45(53(36-64)43-8-10-46(65)11-9-43)39-73-22-24-74(25-23-73)48-12-14-52(58(34-48)89-49-33-44-19-21-66-60(44)68-38-49)61(79)71-90(84,85)50-13-15-55(57(35-50)77(82)83)67-37-47-40-75(72-70-47)26-28-87-30-32-88-31-29-86-27-4-6-42-5-3-7-51-54(42)41-76(63(51)81)56-16-17-59(78)69-62(56)80/h3,5,7-15,19,21,33-35,38,40,56,67H,16-18,20,22-32,36-37,39,41H2,1-2H3,(H,66,68)(H,71,79)(H,69,78,80). The van der Waals surface area contributed by atoms with Gasteiger partial charge in [-0.15, -0.1) is 5.10 Å². The van der Waals surface area contributed by atoms with E-state index in [1.54, 1.807) is 47.4 Å². The summed E-state index contributed by atoms with van der Waals surface area (Å²) in [5, 5.41) is 27.4. The number of H-pyrrole nitrogens is 1. The van der Waals surface area contributed by atoms with Gasteiger partial charge in [0.1, 0.15) is 41.2 Å². The third kappa shape index (κ3) is 15.2. The molecule has 0 bridgehead atoms. The van der Waals surface area contributed by atoms with E-state index in [0.717, 1.165) is 61.6 Å². The van der Waals surface area contributed by atoms with Crippen molar-refractivity contribution in [1.29, 1.82) is 0 Å². The van der Waals surface area contributed by atoms with Gasteiger partial charge < -0.3 is 39.0 Å². The van der Waals surface area contributed by atoms with Gasteiger partial charge in [0.05, 0.1) is 73.9 Å². The number of hydrogen-bond acceptors (Lipinski definition) is 18. The minimum absolute atomic E-state index is 0.00908. The monoisotopic (exact) mass is 1260 g/mol. The summed E-state index contributed by atoms with van der Waals surface area (Å²) >= 11 is 6.27. The summed E-state index contributed by atoms with van der Waals surface area (Å²) in [5.41, 5.74) is 7.35. The second-order valence-corrected chi connectivity index (χ2v) is 25.2. The van der Waals surface area contributed by atoms with Crippen LogP contribution in [0.3, 0.4) is 0 Å². The van der Waals surface area contributed by atoms with Crippen LogP contribution in [0.1, 0.15) is 89.1 Å². The van der Waals surface area contributed by atoms with Crippen LogP contribution in [0.15, 0.2) is 120 Å². The lowest BCUT2D eigenvalue weighted by Gasteiger charge is -2.39. The first-order chi connectivity index (χ1) is 43.4. The Morgan fingerprint density at radius 2 is 1.71 bits per heavy atom. The van der Waals surface area contributed by atoms with Crippen LogP contribution in [0, 0.1) is 27.4 Å². The molecule has 0 saturated carbocycles. The number of amides is 4. The van der Waals surface area contributed by atoms with E-state index in [9.17, 15) is 37.7 Å². The van der Waals surface area contributed by atoms with Crippen LogP contribution >= 0.6 is 11.6 Å². The zero-order valence-corrected chi connectivity index (χ0v) is 51.2. The van der Waals surface area contributed by atoms with E-state index in [1.165, 1.54) is 46.0 Å². The highest BCUT2D eigenvalue weighted by Gasteiger charge is 2.40. The molecule has 4 aromatic carbocycles. The Kier molecular flexibility index (Phi) is 19.3. The molecule has 0 radical (unpaired) electrons. The zero-order valence-electron chi connectivity index (χ0n) is 49.7. The lowest BCUT2D eigenvalue weighted by molar-refractivity contribution is -0.384. The number of pyridine rings is 1. The fourth-order valence-corrected chi connectivity index (χ4v) is 12.6. The minimum Gasteiger partial charge on any atom is -0.455 e. The van der Waals surface area contributed by atoms with Gasteiger partial charge >= 0.3 is 0 Å². The van der Waals surface area contributed by atoms with Crippen LogP contribution < -0.4 is 25.0 Å². The average molecular weight is 1260 g/mol. The van der Waals surface area contributed by atoms with Crippen LogP contribution in [0.2, 0.25) is 5.02 Å². The van der Waals surface area contributed by atoms with Crippen LogP contribution in [0.4, 0.5) is 17.1 Å². The quantitative estimate of drug-likeness (QED) is 0.0147. The van der Waals surface area contributed by atoms with Gasteiger partial charge in [-0.1, -0.05) is 66.3 Å². The highest BCUT2D eigenvalue weighted by molar-refractivity contribution is 7.90. The first-order valence-electron chi connectivity index (χ1n) is 29.6. The first-order valence-corrected chi connectivity index (χ1v) is 31.5. The molecule has 1 unspecified atom stereocenters. The fraction of sp³-hybridized carbons (Fsp3) is 0.359. The zero-order chi connectivity index (χ0) is 62.9. The lowest BCUT2D eigenvalue weighted by atomic mass is 9.72. The summed E-state index contributed by atoms with van der Waals surface area (Å²) in [6.07, 6.45) is 8.47. The Hall–Kier alpha value is -9.03. The molecule has 4 amide bonds. The van der Waals surface area contributed by atoms with Crippen molar-refractivity contribution in [2.75, 3.05) is 82.6 Å². The van der Waals surface area contributed by atoms with Crippen LogP contribution in [0.5, 0.6) is 11.5 Å². The van der Waals surface area contributed by atoms with Gasteiger partial charge in [-0.25, -0.2) is 22.8 Å². The highest BCUT2D eigenvalue weighted by atomic mass is 35.5. The molecule has 11 rings (SSSR count). The number of aromatic amines is 1. The van der Waals surface area contributed by atoms with E-state index in [0.29, 0.717) is 72.7 Å². The number of halogens is 1. The summed E-state index contributed by atoms with van der Waals surface area (Å²) in [7, 11) is -4.68. The normalized spacial score (nSPS) is 16.8. The van der Waals surface area contributed by atoms with Crippen LogP contribution in [0.25, 0.3) is 16.6 Å². The number of piperidine rings is 1. The Balaban J connectivity index is 0.638. The molecule has 0 spiro atoms. The van der Waals surface area contributed by atoms with Crippen molar-refractivity contribution < 1.29 is 51.5 Å². The minimum atomic E-state index is -4.68. The summed E-state index contributed by atoms with van der Waals surface area (Å²) in [4.78, 5) is 76.1. The molecule has 26 heteroatoms. The van der Waals surface area contributed by atoms with E-state index >= 15 is 0 Å². The van der Waals surface area contributed by atoms with Crippen molar-refractivity contribution in [3.05, 3.63) is 164 Å². The van der Waals surface area contributed by atoms with Crippen molar-refractivity contribution in [2.45, 2.75) is 76.5 Å². The summed E-state index contributed by atoms with van der Waals surface area (Å²) < 4.78 is 54.7. The molecule has 2 saturated heterocycles. The maximum absolute atomic E-state index is 14.1. The number of benzene rings is 4. The first kappa shape index (κ1) is 62.6. The van der Waals surface area contributed by atoms with E-state index in [4.69, 9.17) is 30.5 Å². The number of hydrogen-bond donors (Lipinski definition) is 4. The van der Waals surface area contributed by atoms with Crippen molar-refractivity contribution in [2.24, 2.45) is 5.41 Å². The van der Waals surface area contributed by atoms with Crippen molar-refractivity contribution in [3.63, 3.8) is 0 Å². The van der Waals surface area contributed by atoms with Crippen LogP contribution in [-0.4, -0.2) is 150 Å². The number of nitro groups is 1. The van der Waals surface area contributed by atoms with Gasteiger partial charge in [-0.2, -0.15) is 0 Å². The number of rotatable bonds is 24. The molecular formula is C64H67ClN12O12S. The molecule has 90 heavy (non-hydrogen) atoms. The Bertz CT molecular complexity index is 4080. The van der Waals surface area contributed by atoms with Gasteiger partial charge in [-0.3, -0.25) is 39.5 Å². The maximum Gasteiger partial charge on any atom is 0.293 e. The molecule has 24 nitrogen and oxygen atoms in total. The number of aromatic nitrogens is 5. The van der Waals surface area contributed by atoms with E-state index in [-0.39, 0.29) is 80.0 Å². The largest absolute Gasteiger partial charge is 0.455 e. The molecule has 1 aliphatic carbocycles. The molecule has 3 aromatic heterocycles. The highest BCUT2D eigenvalue weighted by Crippen LogP contribution is 2.44. The smallest absolute Gasteiger partial charge is 0.293 e. The van der Waals surface area contributed by atoms with Gasteiger partial charge in [0.15, 0.2) is 0 Å². The van der Waals surface area contributed by atoms with E-state index in [2.05, 4.69) is 83.3 Å². The Morgan fingerprint density at radius 1 is 0.922 bits per heavy atom. The number of allylic oxidation sites excluding steroid dienone is 1. The predicted octanol–water partition coefficient (Wildman–Crippen LogP) is 7.89. The summed E-state index contributed by atoms with van der Waals surface area (Å²) in [6.45, 7) is 10.7. The Morgan fingerprint density at radius 3 is 2.50 bits per heavy atom. The molecule has 2 fully saturated rings. The van der Waals surface area contributed by atoms with Crippen molar-refractivity contribution in [3.8, 4) is 23.3 Å². The molecule has 4 aliphatic rings. The fourth-order valence-electron chi connectivity index (χ4n) is 11.5. The molecule has 1 atom stereocenters. The summed E-state index contributed by atoms with van der Waals surface area (Å²) in [6, 6.07) is 24.5. The molecule has 4 N–H and O–H groups in total. The molecule has 6 heterocycles. The van der Waals surface area contributed by atoms with E-state index < -0.39 is 43.4 Å². The number of carbonyl (C=O) groups excluding carboxylic acids is 4. The molecule has 3 aliphatic heterocycles. The number of carbonyl (C=O) groups is 4. The molecular weight excluding hydrogens is 1200 g/mol. The maximum atomic E-state index is 14.1. The third-order valence-corrected chi connectivity index (χ3v) is 17.9. The molecule has 468 valence electrons. The number of nitrogens with zero attached hydrogens (tertiary/aromatic N) is 8. The SMILES string of the molecule is CC1(C)CCC(CN2CCN(c3ccc(C(=O)NS(=O)(=O)c4ccc(NCc5cn(CCOCCOCCOCC#Cc6cccc7c6CN(C6CCC(=O)NC6=O)C7=O)nn5)c([N+](=O)[O-])c4)c(Oc4cnc5[nH]ccc5c4)c3)CC2)=C(c2ccc(Cl)cc2)C1. The van der Waals surface area contributed by atoms with Gasteiger partial charge in [-0.05, 0) is 108 Å². The van der Waals surface area contributed by atoms with Crippen LogP contribution in [-0.2, 0) is 53.5 Å². The number of ether oxygens (including phenoxy) is 4. The van der Waals surface area contributed by atoms with Gasteiger partial charge in [0.2, 0.25) is 11.8 Å². The van der Waals surface area contributed by atoms with Gasteiger partial charge in [0, 0.05) is 91.2 Å². The second kappa shape index (κ2) is 27.8. The number of fused-ring (bicyclic) bond motifs is 2. The topological polar surface area (TPSA) is 288 Å². The number of nitrogens with one attached hydrogen (secondary N) is 4. The van der Waals surface area contributed by atoms with Crippen molar-refractivity contribution >= 4 is 78.9 Å². The Labute approximate surface area is 524 Å².